The average Bonchev–Trinajstić information content (AvgIpc) is 3.16. The fraction of sp³-hybridized carbons (Fsp3) is 0.263. The van der Waals surface area contributed by atoms with Gasteiger partial charge in [-0.2, -0.15) is 0 Å². The van der Waals surface area contributed by atoms with Gasteiger partial charge in [0.25, 0.3) is 0 Å². The summed E-state index contributed by atoms with van der Waals surface area (Å²) in [5, 5.41) is 8.21. The van der Waals surface area contributed by atoms with Crippen molar-refractivity contribution in [2.75, 3.05) is 14.2 Å². The van der Waals surface area contributed by atoms with Crippen LogP contribution in [0.15, 0.2) is 48.5 Å². The molecule has 1 aliphatic rings. The molecule has 5 nitrogen and oxygen atoms in total. The molecule has 2 aromatic carbocycles. The van der Waals surface area contributed by atoms with Crippen LogP contribution >= 0.6 is 0 Å². The van der Waals surface area contributed by atoms with Gasteiger partial charge in [0.2, 0.25) is 0 Å². The molecule has 0 spiro atoms. The molecular formula is C19H19N3O2Se. The third kappa shape index (κ3) is 3.21. The summed E-state index contributed by atoms with van der Waals surface area (Å²) < 4.78 is 16.2. The van der Waals surface area contributed by atoms with E-state index in [0.717, 1.165) is 23.6 Å². The third-order valence-electron chi connectivity index (χ3n) is 4.58. The fourth-order valence-corrected chi connectivity index (χ4v) is 4.81. The summed E-state index contributed by atoms with van der Waals surface area (Å²) in [6.45, 7) is 0. The van der Waals surface area contributed by atoms with E-state index in [1.54, 1.807) is 14.2 Å². The first-order valence-electron chi connectivity index (χ1n) is 8.13. The summed E-state index contributed by atoms with van der Waals surface area (Å²) >= 11 is 0.0812. The summed E-state index contributed by atoms with van der Waals surface area (Å²) in [7, 11) is 3.37. The second-order valence-electron chi connectivity index (χ2n) is 5.99. The first kappa shape index (κ1) is 16.3. The van der Waals surface area contributed by atoms with Crippen LogP contribution in [-0.4, -0.2) is 38.1 Å². The molecule has 0 radical (unpaired) electrons. The van der Waals surface area contributed by atoms with Crippen molar-refractivity contribution < 1.29 is 9.47 Å². The molecule has 3 aromatic rings. The van der Waals surface area contributed by atoms with Crippen LogP contribution in [0, 0.1) is 0 Å². The number of nitrogens with zero attached hydrogens (tertiary/aromatic N) is 2. The van der Waals surface area contributed by atoms with Gasteiger partial charge in [-0.25, -0.2) is 0 Å². The van der Waals surface area contributed by atoms with Crippen LogP contribution in [0.2, 0.25) is 0 Å². The summed E-state index contributed by atoms with van der Waals surface area (Å²) in [5.41, 5.74) is 3.60. The maximum absolute atomic E-state index is 5.28. The molecule has 0 saturated carbocycles. The van der Waals surface area contributed by atoms with Crippen molar-refractivity contribution >= 4 is 14.7 Å². The number of hydrogen-bond donors (Lipinski definition) is 1. The van der Waals surface area contributed by atoms with Gasteiger partial charge in [-0.3, -0.25) is 0 Å². The van der Waals surface area contributed by atoms with E-state index in [1.165, 1.54) is 15.6 Å². The van der Waals surface area contributed by atoms with Crippen LogP contribution in [0.5, 0.6) is 11.5 Å². The van der Waals surface area contributed by atoms with Crippen molar-refractivity contribution in [3.63, 3.8) is 0 Å². The number of methoxy groups -OCH3 is 2. The SMILES string of the molecule is COc1ccc(C2Cc3nn[se]c3C(c3ccc(OC)cc3)N2)cc1. The molecule has 1 N–H and O–H groups in total. The molecule has 0 fully saturated rings. The Balaban J connectivity index is 1.66. The van der Waals surface area contributed by atoms with Crippen LogP contribution in [0.25, 0.3) is 0 Å². The Hall–Kier alpha value is -2.14. The normalized spacial score (nSPS) is 19.3. The maximum atomic E-state index is 5.28. The number of hydrogen-bond acceptors (Lipinski definition) is 5. The Labute approximate surface area is 153 Å². The third-order valence-corrected chi connectivity index (χ3v) is 6.32. The van der Waals surface area contributed by atoms with Gasteiger partial charge < -0.3 is 0 Å². The molecule has 2 unspecified atom stereocenters. The summed E-state index contributed by atoms with van der Waals surface area (Å²) in [6, 6.07) is 16.8. The predicted molar refractivity (Wildman–Crippen MR) is 96.4 cm³/mol. The molecule has 1 aliphatic heterocycles. The minimum absolute atomic E-state index is 0.0812. The van der Waals surface area contributed by atoms with E-state index in [0.29, 0.717) is 0 Å². The molecule has 2 atom stereocenters. The number of aromatic nitrogens is 2. The van der Waals surface area contributed by atoms with Crippen LogP contribution in [-0.2, 0) is 6.42 Å². The Morgan fingerprint density at radius 1 is 0.920 bits per heavy atom. The van der Waals surface area contributed by atoms with Gasteiger partial charge in [0, 0.05) is 0 Å². The minimum atomic E-state index is 0.0812. The van der Waals surface area contributed by atoms with E-state index in [-0.39, 0.29) is 26.8 Å². The zero-order chi connectivity index (χ0) is 17.2. The quantitative estimate of drug-likeness (QED) is 0.683. The number of nitrogens with one attached hydrogen (secondary N) is 1. The second kappa shape index (κ2) is 7.00. The van der Waals surface area contributed by atoms with Crippen molar-refractivity contribution in [3.05, 3.63) is 69.8 Å². The number of benzene rings is 2. The zero-order valence-corrected chi connectivity index (χ0v) is 15.8. The van der Waals surface area contributed by atoms with Gasteiger partial charge >= 0.3 is 153 Å². The van der Waals surface area contributed by atoms with Gasteiger partial charge in [-0.15, -0.1) is 0 Å². The van der Waals surface area contributed by atoms with Crippen molar-refractivity contribution in [3.8, 4) is 11.5 Å². The summed E-state index contributed by atoms with van der Waals surface area (Å²) in [4.78, 5) is 0. The summed E-state index contributed by atoms with van der Waals surface area (Å²) in [6.07, 6.45) is 0.875. The first-order chi connectivity index (χ1) is 12.3. The predicted octanol–water partition coefficient (Wildman–Crippen LogP) is 2.53. The van der Waals surface area contributed by atoms with E-state index in [9.17, 15) is 0 Å². The topological polar surface area (TPSA) is 56.3 Å². The van der Waals surface area contributed by atoms with Crippen LogP contribution in [0.3, 0.4) is 0 Å². The van der Waals surface area contributed by atoms with Crippen LogP contribution in [0.1, 0.15) is 33.3 Å². The van der Waals surface area contributed by atoms with E-state index in [2.05, 4.69) is 38.8 Å². The Morgan fingerprint density at radius 2 is 1.52 bits per heavy atom. The van der Waals surface area contributed by atoms with Crippen LogP contribution < -0.4 is 14.8 Å². The standard InChI is InChI=1S/C19H19N3O2Se/c1-23-14-7-3-12(4-8-14)16-11-17-19(25-22-21-17)18(20-16)13-5-9-15(24-2)10-6-13/h3-10,16,18,20H,11H2,1-2H3. The van der Waals surface area contributed by atoms with Crippen molar-refractivity contribution in [2.45, 2.75) is 18.5 Å². The Kier molecular flexibility index (Phi) is 4.57. The summed E-state index contributed by atoms with van der Waals surface area (Å²) in [5.74, 6) is 1.74. The number of fused-ring (bicyclic) bond motifs is 1. The van der Waals surface area contributed by atoms with E-state index < -0.39 is 0 Å². The molecule has 0 aliphatic carbocycles. The molecule has 4 rings (SSSR count). The van der Waals surface area contributed by atoms with E-state index in [4.69, 9.17) is 9.47 Å². The van der Waals surface area contributed by atoms with Crippen molar-refractivity contribution in [2.24, 2.45) is 0 Å². The molecule has 0 saturated heterocycles. The van der Waals surface area contributed by atoms with Gasteiger partial charge in [0.15, 0.2) is 0 Å². The number of ether oxygens (including phenoxy) is 2. The first-order valence-corrected chi connectivity index (χ1v) is 9.76. The molecule has 2 heterocycles. The fourth-order valence-electron chi connectivity index (χ4n) is 3.20. The molecule has 128 valence electrons. The zero-order valence-electron chi connectivity index (χ0n) is 14.1. The van der Waals surface area contributed by atoms with Crippen molar-refractivity contribution in [1.82, 2.24) is 14.5 Å². The van der Waals surface area contributed by atoms with E-state index >= 15 is 0 Å². The second-order valence-corrected chi connectivity index (χ2v) is 7.64. The molecule has 0 bridgehead atoms. The van der Waals surface area contributed by atoms with Crippen molar-refractivity contribution in [1.29, 1.82) is 0 Å². The van der Waals surface area contributed by atoms with Gasteiger partial charge in [0.05, 0.1) is 0 Å². The van der Waals surface area contributed by atoms with Crippen LogP contribution in [0.4, 0.5) is 0 Å². The monoisotopic (exact) mass is 401 g/mol. The van der Waals surface area contributed by atoms with Gasteiger partial charge in [-0.05, 0) is 0 Å². The van der Waals surface area contributed by atoms with E-state index in [1.807, 2.05) is 24.3 Å². The number of rotatable bonds is 4. The molecule has 0 amide bonds. The molecule has 1 aromatic heterocycles. The van der Waals surface area contributed by atoms with Gasteiger partial charge in [-0.1, -0.05) is 0 Å². The van der Waals surface area contributed by atoms with Gasteiger partial charge in [0.1, 0.15) is 0 Å². The molecule has 6 heteroatoms. The molecular weight excluding hydrogens is 381 g/mol. The Bertz CT molecular complexity index is 846. The average molecular weight is 400 g/mol. The molecule has 25 heavy (non-hydrogen) atoms. The Morgan fingerprint density at radius 3 is 2.12 bits per heavy atom.